The van der Waals surface area contributed by atoms with E-state index in [4.69, 9.17) is 19.4 Å². The van der Waals surface area contributed by atoms with E-state index in [0.29, 0.717) is 6.42 Å². The van der Waals surface area contributed by atoms with Gasteiger partial charge in [-0.1, -0.05) is 25.7 Å². The fourth-order valence-corrected chi connectivity index (χ4v) is 0.714. The van der Waals surface area contributed by atoms with Gasteiger partial charge in [-0.15, -0.1) is 6.42 Å². The molecule has 0 aliphatic rings. The van der Waals surface area contributed by atoms with E-state index < -0.39 is 11.6 Å². The summed E-state index contributed by atoms with van der Waals surface area (Å²) in [6.45, 7) is 1.98. The van der Waals surface area contributed by atoms with Gasteiger partial charge in [-0.2, -0.15) is 0 Å². The Morgan fingerprint density at radius 1 is 1.73 bits per heavy atom. The molecule has 60 valence electrons. The van der Waals surface area contributed by atoms with Crippen LogP contribution in [0.2, 0.25) is 0 Å². The maximum Gasteiger partial charge on any atom is 0.135 e. The number of unbranched alkanes of at least 4 members (excludes halogenated alkanes) is 1. The summed E-state index contributed by atoms with van der Waals surface area (Å²) in [5.74, 6) is 1.93. The van der Waals surface area contributed by atoms with Gasteiger partial charge in [0, 0.05) is 0 Å². The Balaban J connectivity index is 3.83. The molecule has 0 amide bonds. The summed E-state index contributed by atoms with van der Waals surface area (Å²) in [5, 5.41) is 18.3. The van der Waals surface area contributed by atoms with Crippen molar-refractivity contribution in [2.75, 3.05) is 0 Å². The molecule has 0 spiro atoms. The van der Waals surface area contributed by atoms with Gasteiger partial charge in [0.05, 0.1) is 6.10 Å². The molecule has 0 fully saturated rings. The van der Waals surface area contributed by atoms with Gasteiger partial charge < -0.3 is 10.2 Å². The van der Waals surface area contributed by atoms with Crippen molar-refractivity contribution in [1.29, 1.82) is 0 Å². The molecule has 2 radical (unpaired) electrons. The highest BCUT2D eigenvalue weighted by Crippen LogP contribution is 2.11. The third-order valence-electron chi connectivity index (χ3n) is 1.57. The van der Waals surface area contributed by atoms with E-state index in [1.54, 1.807) is 0 Å². The van der Waals surface area contributed by atoms with Crippen molar-refractivity contribution in [3.63, 3.8) is 0 Å². The van der Waals surface area contributed by atoms with E-state index in [2.05, 4.69) is 0 Å². The first-order valence-corrected chi connectivity index (χ1v) is 3.71. The van der Waals surface area contributed by atoms with E-state index in [9.17, 15) is 5.11 Å². The van der Waals surface area contributed by atoms with Crippen LogP contribution in [-0.2, 0) is 0 Å². The minimum absolute atomic E-state index is 0.438. The molecular formula is C8H13BO2. The fraction of sp³-hybridized carbons (Fsp3) is 0.750. The lowest BCUT2D eigenvalue weighted by Crippen LogP contribution is -2.41. The first kappa shape index (κ1) is 10.5. The van der Waals surface area contributed by atoms with Crippen LogP contribution in [0.4, 0.5) is 0 Å². The van der Waals surface area contributed by atoms with Crippen molar-refractivity contribution >= 4 is 7.85 Å². The third kappa shape index (κ3) is 3.45. The molecule has 0 aliphatic heterocycles. The molecule has 0 bridgehead atoms. The van der Waals surface area contributed by atoms with E-state index in [1.807, 2.05) is 12.8 Å². The zero-order chi connectivity index (χ0) is 8.91. The van der Waals surface area contributed by atoms with Crippen LogP contribution in [-0.4, -0.2) is 29.7 Å². The van der Waals surface area contributed by atoms with E-state index >= 15 is 0 Å². The quantitative estimate of drug-likeness (QED) is 0.440. The molecule has 3 heteroatoms. The van der Waals surface area contributed by atoms with Crippen LogP contribution >= 0.6 is 0 Å². The lowest BCUT2D eigenvalue weighted by atomic mass is 9.76. The maximum absolute atomic E-state index is 9.19. The summed E-state index contributed by atoms with van der Waals surface area (Å²) < 4.78 is 0. The molecule has 0 aromatic heterocycles. The highest BCUT2D eigenvalue weighted by molar-refractivity contribution is 6.17. The summed E-state index contributed by atoms with van der Waals surface area (Å²) >= 11 is 0. The van der Waals surface area contributed by atoms with Crippen molar-refractivity contribution in [3.8, 4) is 12.3 Å². The van der Waals surface area contributed by atoms with Crippen LogP contribution in [0.3, 0.4) is 0 Å². The lowest BCUT2D eigenvalue weighted by Gasteiger charge is -2.23. The minimum Gasteiger partial charge on any atom is -0.390 e. The summed E-state index contributed by atoms with van der Waals surface area (Å²) in [4.78, 5) is 0. The Bertz CT molecular complexity index is 149. The Morgan fingerprint density at radius 2 is 2.27 bits per heavy atom. The topological polar surface area (TPSA) is 40.5 Å². The van der Waals surface area contributed by atoms with Crippen molar-refractivity contribution in [2.45, 2.75) is 37.8 Å². The second-order valence-corrected chi connectivity index (χ2v) is 2.63. The summed E-state index contributed by atoms with van der Waals surface area (Å²) in [7, 11) is 5.17. The van der Waals surface area contributed by atoms with Crippen LogP contribution in [0, 0.1) is 12.3 Å². The van der Waals surface area contributed by atoms with Gasteiger partial charge in [0.2, 0.25) is 0 Å². The van der Waals surface area contributed by atoms with Crippen LogP contribution in [0.25, 0.3) is 0 Å². The molecule has 2 unspecified atom stereocenters. The predicted octanol–water partition coefficient (Wildman–Crippen LogP) is 0.0278. The van der Waals surface area contributed by atoms with Gasteiger partial charge in [0.1, 0.15) is 13.3 Å². The van der Waals surface area contributed by atoms with Crippen LogP contribution in [0.1, 0.15) is 26.2 Å². The molecule has 0 saturated carbocycles. The number of aliphatic hydroxyl groups is 2. The summed E-state index contributed by atoms with van der Waals surface area (Å²) in [5.41, 5.74) is -1.87. The fourth-order valence-electron chi connectivity index (χ4n) is 0.714. The van der Waals surface area contributed by atoms with E-state index in [0.717, 1.165) is 12.8 Å². The van der Waals surface area contributed by atoms with Gasteiger partial charge in [-0.05, 0) is 6.42 Å². The van der Waals surface area contributed by atoms with Gasteiger partial charge in [-0.3, -0.25) is 0 Å². The van der Waals surface area contributed by atoms with E-state index in [1.165, 1.54) is 0 Å². The average Bonchev–Trinajstić information content (AvgIpc) is 2.00. The van der Waals surface area contributed by atoms with Crippen LogP contribution < -0.4 is 0 Å². The SMILES string of the molecule is [B]C(O)(C#C)C(O)CCCC. The van der Waals surface area contributed by atoms with E-state index in [-0.39, 0.29) is 0 Å². The lowest BCUT2D eigenvalue weighted by molar-refractivity contribution is 0.0188. The predicted molar refractivity (Wildman–Crippen MR) is 45.1 cm³/mol. The standard InChI is InChI=1S/C8H13BO2/c1-3-5-6-7(10)8(9,11)4-2/h2,7,10-11H,3,5-6H2,1H3. The van der Waals surface area contributed by atoms with Crippen molar-refractivity contribution in [2.24, 2.45) is 0 Å². The molecular weight excluding hydrogens is 139 g/mol. The molecule has 0 heterocycles. The highest BCUT2D eigenvalue weighted by Gasteiger charge is 2.25. The Morgan fingerprint density at radius 3 is 2.64 bits per heavy atom. The zero-order valence-electron chi connectivity index (χ0n) is 6.75. The summed E-state index contributed by atoms with van der Waals surface area (Å²) in [6, 6.07) is 0. The molecule has 11 heavy (non-hydrogen) atoms. The Kier molecular flexibility index (Phi) is 4.25. The molecule has 2 atom stereocenters. The molecule has 0 aliphatic carbocycles. The second kappa shape index (κ2) is 4.43. The van der Waals surface area contributed by atoms with Crippen molar-refractivity contribution < 1.29 is 10.2 Å². The molecule has 2 nitrogen and oxygen atoms in total. The Labute approximate surface area is 69.0 Å². The van der Waals surface area contributed by atoms with Gasteiger partial charge >= 0.3 is 0 Å². The van der Waals surface area contributed by atoms with Crippen molar-refractivity contribution in [1.82, 2.24) is 0 Å². The number of hydrogen-bond acceptors (Lipinski definition) is 2. The molecule has 2 N–H and O–H groups in total. The number of terminal acetylenes is 1. The highest BCUT2D eigenvalue weighted by atomic mass is 16.3. The smallest absolute Gasteiger partial charge is 0.135 e. The van der Waals surface area contributed by atoms with Crippen molar-refractivity contribution in [3.05, 3.63) is 0 Å². The minimum atomic E-state index is -1.87. The normalized spacial score (nSPS) is 18.4. The van der Waals surface area contributed by atoms with Gasteiger partial charge in [-0.25, -0.2) is 0 Å². The molecule has 0 aromatic carbocycles. The second-order valence-electron chi connectivity index (χ2n) is 2.63. The monoisotopic (exact) mass is 152 g/mol. The third-order valence-corrected chi connectivity index (χ3v) is 1.57. The molecule has 0 rings (SSSR count). The van der Waals surface area contributed by atoms with Gasteiger partial charge in [0.15, 0.2) is 0 Å². The molecule has 0 saturated heterocycles. The molecule has 0 aromatic rings. The number of aliphatic hydroxyl groups excluding tert-OH is 1. The largest absolute Gasteiger partial charge is 0.390 e. The first-order valence-electron chi connectivity index (χ1n) is 3.71. The number of rotatable bonds is 4. The van der Waals surface area contributed by atoms with Crippen LogP contribution in [0.15, 0.2) is 0 Å². The summed E-state index contributed by atoms with van der Waals surface area (Å²) in [6.07, 6.45) is 6.06. The van der Waals surface area contributed by atoms with Crippen LogP contribution in [0.5, 0.6) is 0 Å². The zero-order valence-corrected chi connectivity index (χ0v) is 6.75. The average molecular weight is 152 g/mol. The van der Waals surface area contributed by atoms with Gasteiger partial charge in [0.25, 0.3) is 0 Å². The maximum atomic E-state index is 9.19. The Hall–Kier alpha value is -0.455. The number of hydrogen-bond donors (Lipinski definition) is 2. The first-order chi connectivity index (χ1) is 5.04.